The minimum Gasteiger partial charge on any atom is -0.486 e. The SMILES string of the molecule is Cc1ccccc1C(=O)NCCC(=O)OCc1cc(Cl)c2c(c1)OCCO2. The average molecular weight is 390 g/mol. The topological polar surface area (TPSA) is 73.9 Å². The van der Waals surface area contributed by atoms with E-state index < -0.39 is 5.97 Å². The number of esters is 1. The van der Waals surface area contributed by atoms with Crippen molar-refractivity contribution >= 4 is 23.5 Å². The van der Waals surface area contributed by atoms with E-state index in [9.17, 15) is 9.59 Å². The molecular weight excluding hydrogens is 370 g/mol. The average Bonchev–Trinajstić information content (AvgIpc) is 2.66. The molecule has 27 heavy (non-hydrogen) atoms. The molecule has 2 aromatic carbocycles. The Balaban J connectivity index is 1.46. The molecule has 0 aromatic heterocycles. The van der Waals surface area contributed by atoms with E-state index in [0.29, 0.717) is 40.9 Å². The fourth-order valence-electron chi connectivity index (χ4n) is 2.68. The molecule has 1 aliphatic rings. The molecule has 2 aromatic rings. The monoisotopic (exact) mass is 389 g/mol. The molecule has 0 radical (unpaired) electrons. The van der Waals surface area contributed by atoms with Crippen LogP contribution in [0.3, 0.4) is 0 Å². The maximum Gasteiger partial charge on any atom is 0.307 e. The van der Waals surface area contributed by atoms with Crippen LogP contribution in [0.4, 0.5) is 0 Å². The number of carbonyl (C=O) groups is 2. The molecule has 0 spiro atoms. The number of aryl methyl sites for hydroxylation is 1. The van der Waals surface area contributed by atoms with Gasteiger partial charge in [0.2, 0.25) is 0 Å². The zero-order valence-electron chi connectivity index (χ0n) is 14.9. The van der Waals surface area contributed by atoms with Crippen LogP contribution in [0.2, 0.25) is 5.02 Å². The van der Waals surface area contributed by atoms with Gasteiger partial charge in [0.15, 0.2) is 11.5 Å². The summed E-state index contributed by atoms with van der Waals surface area (Å²) in [6, 6.07) is 10.7. The van der Waals surface area contributed by atoms with Crippen molar-refractivity contribution in [2.75, 3.05) is 19.8 Å². The minimum absolute atomic E-state index is 0.0704. The first-order valence-electron chi connectivity index (χ1n) is 8.62. The van der Waals surface area contributed by atoms with Crippen LogP contribution in [-0.2, 0) is 16.1 Å². The van der Waals surface area contributed by atoms with Crippen LogP contribution in [0, 0.1) is 6.92 Å². The van der Waals surface area contributed by atoms with Crippen LogP contribution in [0.15, 0.2) is 36.4 Å². The second kappa shape index (κ2) is 8.77. The van der Waals surface area contributed by atoms with E-state index >= 15 is 0 Å². The van der Waals surface area contributed by atoms with Gasteiger partial charge >= 0.3 is 5.97 Å². The summed E-state index contributed by atoms with van der Waals surface area (Å²) in [5.74, 6) is 0.438. The molecule has 0 aliphatic carbocycles. The maximum absolute atomic E-state index is 12.1. The third-order valence-corrected chi connectivity index (χ3v) is 4.34. The highest BCUT2D eigenvalue weighted by Gasteiger charge is 2.17. The van der Waals surface area contributed by atoms with Crippen LogP contribution in [-0.4, -0.2) is 31.6 Å². The van der Waals surface area contributed by atoms with E-state index in [4.69, 9.17) is 25.8 Å². The number of nitrogens with one attached hydrogen (secondary N) is 1. The van der Waals surface area contributed by atoms with Gasteiger partial charge in [-0.05, 0) is 36.2 Å². The number of hydrogen-bond donors (Lipinski definition) is 1. The van der Waals surface area contributed by atoms with Crippen molar-refractivity contribution in [2.24, 2.45) is 0 Å². The summed E-state index contributed by atoms with van der Waals surface area (Å²) in [5, 5.41) is 3.14. The van der Waals surface area contributed by atoms with Gasteiger partial charge < -0.3 is 19.5 Å². The van der Waals surface area contributed by atoms with Gasteiger partial charge in [-0.2, -0.15) is 0 Å². The van der Waals surface area contributed by atoms with Gasteiger partial charge in [0.25, 0.3) is 5.91 Å². The van der Waals surface area contributed by atoms with E-state index in [1.165, 1.54) is 0 Å². The van der Waals surface area contributed by atoms with Crippen LogP contribution in [0.25, 0.3) is 0 Å². The summed E-state index contributed by atoms with van der Waals surface area (Å²) in [6.07, 6.45) is 0.0793. The van der Waals surface area contributed by atoms with Gasteiger partial charge in [-0.15, -0.1) is 0 Å². The van der Waals surface area contributed by atoms with Gasteiger partial charge in [0.05, 0.1) is 11.4 Å². The Morgan fingerprint density at radius 2 is 1.96 bits per heavy atom. The van der Waals surface area contributed by atoms with E-state index in [1.54, 1.807) is 24.3 Å². The fraction of sp³-hybridized carbons (Fsp3) is 0.300. The molecule has 6 nitrogen and oxygen atoms in total. The number of halogens is 1. The zero-order valence-corrected chi connectivity index (χ0v) is 15.7. The molecule has 1 amide bonds. The van der Waals surface area contributed by atoms with Crippen LogP contribution >= 0.6 is 11.6 Å². The first kappa shape index (κ1) is 19.0. The van der Waals surface area contributed by atoms with E-state index in [0.717, 1.165) is 5.56 Å². The summed E-state index contributed by atoms with van der Waals surface area (Å²) < 4.78 is 16.2. The van der Waals surface area contributed by atoms with Crippen LogP contribution in [0.1, 0.15) is 27.9 Å². The second-order valence-electron chi connectivity index (χ2n) is 6.08. The summed E-state index contributed by atoms with van der Waals surface area (Å²) in [4.78, 5) is 24.0. The Hall–Kier alpha value is -2.73. The lowest BCUT2D eigenvalue weighted by atomic mass is 10.1. The minimum atomic E-state index is -0.411. The quantitative estimate of drug-likeness (QED) is 0.767. The number of hydrogen-bond acceptors (Lipinski definition) is 5. The zero-order chi connectivity index (χ0) is 19.2. The molecular formula is C20H20ClNO5. The third kappa shape index (κ3) is 4.92. The predicted octanol–water partition coefficient (Wildman–Crippen LogP) is 3.28. The van der Waals surface area contributed by atoms with Crippen LogP contribution < -0.4 is 14.8 Å². The Labute approximate surface area is 162 Å². The van der Waals surface area contributed by atoms with Gasteiger partial charge in [-0.1, -0.05) is 29.8 Å². The molecule has 0 atom stereocenters. The highest BCUT2D eigenvalue weighted by molar-refractivity contribution is 6.32. The fourth-order valence-corrected chi connectivity index (χ4v) is 2.97. The van der Waals surface area contributed by atoms with Gasteiger partial charge in [0.1, 0.15) is 19.8 Å². The lowest BCUT2D eigenvalue weighted by Gasteiger charge is -2.20. The predicted molar refractivity (Wildman–Crippen MR) is 100 cm³/mol. The first-order valence-corrected chi connectivity index (χ1v) is 9.00. The molecule has 1 N–H and O–H groups in total. The Kier molecular flexibility index (Phi) is 6.19. The third-order valence-electron chi connectivity index (χ3n) is 4.06. The lowest BCUT2D eigenvalue weighted by Crippen LogP contribution is -2.27. The van der Waals surface area contributed by atoms with E-state index in [2.05, 4.69) is 5.32 Å². The molecule has 7 heteroatoms. The highest BCUT2D eigenvalue weighted by Crippen LogP contribution is 2.38. The maximum atomic E-state index is 12.1. The molecule has 142 valence electrons. The van der Waals surface area contributed by atoms with Crippen molar-refractivity contribution in [1.82, 2.24) is 5.32 Å². The van der Waals surface area contributed by atoms with Crippen molar-refractivity contribution in [3.05, 3.63) is 58.1 Å². The second-order valence-corrected chi connectivity index (χ2v) is 6.49. The smallest absolute Gasteiger partial charge is 0.307 e. The Bertz CT molecular complexity index is 852. The van der Waals surface area contributed by atoms with Crippen molar-refractivity contribution in [2.45, 2.75) is 20.0 Å². The van der Waals surface area contributed by atoms with Gasteiger partial charge in [-0.3, -0.25) is 9.59 Å². The number of ether oxygens (including phenoxy) is 3. The molecule has 0 bridgehead atoms. The Morgan fingerprint density at radius 1 is 1.19 bits per heavy atom. The Morgan fingerprint density at radius 3 is 2.78 bits per heavy atom. The number of amides is 1. The molecule has 0 saturated carbocycles. The normalized spacial score (nSPS) is 12.4. The van der Waals surface area contributed by atoms with Gasteiger partial charge in [0, 0.05) is 12.1 Å². The molecule has 0 unspecified atom stereocenters. The summed E-state index contributed by atoms with van der Waals surface area (Å²) in [5.41, 5.74) is 2.19. The highest BCUT2D eigenvalue weighted by atomic mass is 35.5. The summed E-state index contributed by atoms with van der Waals surface area (Å²) >= 11 is 6.16. The van der Waals surface area contributed by atoms with Crippen molar-refractivity contribution in [3.63, 3.8) is 0 Å². The van der Waals surface area contributed by atoms with Crippen molar-refractivity contribution < 1.29 is 23.8 Å². The number of rotatable bonds is 6. The molecule has 1 heterocycles. The van der Waals surface area contributed by atoms with E-state index in [-0.39, 0.29) is 25.5 Å². The number of benzene rings is 2. The van der Waals surface area contributed by atoms with Gasteiger partial charge in [-0.25, -0.2) is 0 Å². The largest absolute Gasteiger partial charge is 0.486 e. The van der Waals surface area contributed by atoms with Crippen molar-refractivity contribution in [1.29, 1.82) is 0 Å². The number of carbonyl (C=O) groups excluding carboxylic acids is 2. The van der Waals surface area contributed by atoms with E-state index in [1.807, 2.05) is 19.1 Å². The summed E-state index contributed by atoms with van der Waals surface area (Å²) in [7, 11) is 0. The molecule has 0 saturated heterocycles. The lowest BCUT2D eigenvalue weighted by molar-refractivity contribution is -0.144. The standard InChI is InChI=1S/C20H20ClNO5/c1-13-4-2-3-5-15(13)20(24)22-7-6-18(23)27-12-14-10-16(21)19-17(11-14)25-8-9-26-19/h2-5,10-11H,6-9,12H2,1H3,(H,22,24). The number of fused-ring (bicyclic) bond motifs is 1. The molecule has 1 aliphatic heterocycles. The summed E-state index contributed by atoms with van der Waals surface area (Å²) in [6.45, 7) is 3.04. The molecule has 3 rings (SSSR count). The van der Waals surface area contributed by atoms with Crippen LogP contribution in [0.5, 0.6) is 11.5 Å². The first-order chi connectivity index (χ1) is 13.0. The molecule has 0 fully saturated rings. The van der Waals surface area contributed by atoms with Crippen molar-refractivity contribution in [3.8, 4) is 11.5 Å².